The van der Waals surface area contributed by atoms with Crippen LogP contribution in [0.25, 0.3) is 11.1 Å². The molecule has 178 valence electrons. The average Bonchev–Trinajstić information content (AvgIpc) is 3.12. The third-order valence-electron chi connectivity index (χ3n) is 5.30. The summed E-state index contributed by atoms with van der Waals surface area (Å²) in [5, 5.41) is 22.7. The molecule has 3 aromatic rings. The number of halogens is 3. The fourth-order valence-corrected chi connectivity index (χ4v) is 3.71. The van der Waals surface area contributed by atoms with Crippen molar-refractivity contribution in [2.24, 2.45) is 0 Å². The number of aryl methyl sites for hydroxylation is 1. The van der Waals surface area contributed by atoms with Gasteiger partial charge in [0.1, 0.15) is 11.6 Å². The number of rotatable bonds is 6. The molecule has 3 N–H and O–H groups in total. The Morgan fingerprint density at radius 1 is 1.12 bits per heavy atom. The van der Waals surface area contributed by atoms with Crippen molar-refractivity contribution >= 4 is 28.9 Å². The summed E-state index contributed by atoms with van der Waals surface area (Å²) >= 11 is 4.76. The lowest BCUT2D eigenvalue weighted by molar-refractivity contribution is -0.0964. The lowest BCUT2D eigenvalue weighted by Crippen LogP contribution is -2.22. The van der Waals surface area contributed by atoms with E-state index in [4.69, 9.17) is 11.6 Å². The molecule has 1 fully saturated rings. The number of aromatic nitrogens is 2. The molecule has 1 amide bonds. The Kier molecular flexibility index (Phi) is 6.65. The summed E-state index contributed by atoms with van der Waals surface area (Å²) in [5.41, 5.74) is -1.11. The van der Waals surface area contributed by atoms with Crippen molar-refractivity contribution < 1.29 is 28.5 Å². The third-order valence-corrected chi connectivity index (χ3v) is 5.37. The minimum absolute atomic E-state index is 0.154. The Balaban J connectivity index is 1.60. The summed E-state index contributed by atoms with van der Waals surface area (Å²) < 4.78 is 29.8. The second-order valence-corrected chi connectivity index (χ2v) is 8.26. The molecule has 1 aliphatic heterocycles. The van der Waals surface area contributed by atoms with Gasteiger partial charge in [0, 0.05) is 65.1 Å². The molecule has 2 aromatic carbocycles. The average molecular weight is 491 g/mol. The zero-order chi connectivity index (χ0) is 24.5. The number of aliphatic hydroxyl groups is 2. The Morgan fingerprint density at radius 3 is 2.32 bits per heavy atom. The first-order chi connectivity index (χ1) is 16.1. The van der Waals surface area contributed by atoms with Crippen LogP contribution in [0.1, 0.15) is 16.2 Å². The third kappa shape index (κ3) is 5.58. The highest BCUT2D eigenvalue weighted by atomic mass is 35.5. The van der Waals surface area contributed by atoms with Gasteiger partial charge in [0.15, 0.2) is 0 Å². The van der Waals surface area contributed by atoms with E-state index in [0.717, 1.165) is 0 Å². The van der Waals surface area contributed by atoms with Crippen molar-refractivity contribution in [1.29, 1.82) is 0 Å². The second kappa shape index (κ2) is 9.49. The number of nitrogens with zero attached hydrogens (tertiary/aromatic N) is 3. The Morgan fingerprint density at radius 2 is 1.74 bits per heavy atom. The zero-order valence-electron chi connectivity index (χ0n) is 18.0. The van der Waals surface area contributed by atoms with Crippen molar-refractivity contribution in [2.75, 3.05) is 23.3 Å². The number of carbonyl (C=O) groups is 1. The first-order valence-electron chi connectivity index (χ1n) is 10.3. The van der Waals surface area contributed by atoms with Crippen molar-refractivity contribution in [3.8, 4) is 16.9 Å². The predicted octanol–water partition coefficient (Wildman–Crippen LogP) is 3.41. The van der Waals surface area contributed by atoms with Crippen LogP contribution in [0.5, 0.6) is 5.75 Å². The van der Waals surface area contributed by atoms with Gasteiger partial charge in [-0.1, -0.05) is 0 Å². The molecular weight excluding hydrogens is 470 g/mol. The van der Waals surface area contributed by atoms with Gasteiger partial charge >= 0.3 is 5.57 Å². The smallest absolute Gasteiger partial charge is 0.420 e. The highest BCUT2D eigenvalue weighted by molar-refractivity contribution is 6.20. The van der Waals surface area contributed by atoms with E-state index >= 15 is 0 Å². The maximum Gasteiger partial charge on any atom is 0.487 e. The van der Waals surface area contributed by atoms with E-state index in [1.165, 1.54) is 24.3 Å². The summed E-state index contributed by atoms with van der Waals surface area (Å²) in [6.45, 7) is 2.23. The first kappa shape index (κ1) is 23.8. The maximum absolute atomic E-state index is 12.9. The van der Waals surface area contributed by atoms with E-state index in [2.05, 4.69) is 20.0 Å². The second-order valence-electron chi connectivity index (χ2n) is 7.82. The lowest BCUT2D eigenvalue weighted by Gasteiger charge is -2.22. The molecule has 2 atom stereocenters. The molecule has 0 unspecified atom stereocenters. The van der Waals surface area contributed by atoms with E-state index in [9.17, 15) is 23.8 Å². The number of carbonyl (C=O) groups excluding carboxylic acids is 1. The van der Waals surface area contributed by atoms with Crippen LogP contribution in [0.15, 0.2) is 54.9 Å². The Hall–Kier alpha value is -3.34. The van der Waals surface area contributed by atoms with Crippen LogP contribution in [-0.2, 0) is 0 Å². The van der Waals surface area contributed by atoms with E-state index in [0.29, 0.717) is 33.9 Å². The van der Waals surface area contributed by atoms with Crippen molar-refractivity contribution in [2.45, 2.75) is 24.7 Å². The molecule has 0 bridgehead atoms. The molecule has 11 heteroatoms. The highest BCUT2D eigenvalue weighted by Crippen LogP contribution is 2.34. The zero-order valence-corrected chi connectivity index (χ0v) is 18.7. The van der Waals surface area contributed by atoms with Gasteiger partial charge in [-0.3, -0.25) is 4.79 Å². The number of alkyl halides is 3. The summed E-state index contributed by atoms with van der Waals surface area (Å²) in [6.07, 6.45) is 1.51. The largest absolute Gasteiger partial charge is 0.487 e. The first-order valence-corrected chi connectivity index (χ1v) is 10.7. The van der Waals surface area contributed by atoms with Gasteiger partial charge in [-0.2, -0.15) is 0 Å². The van der Waals surface area contributed by atoms with Gasteiger partial charge in [0.25, 0.3) is 5.91 Å². The van der Waals surface area contributed by atoms with Crippen LogP contribution >= 0.6 is 11.6 Å². The number of hydrogen-bond acceptors (Lipinski definition) is 7. The fraction of sp³-hybridized carbons (Fsp3) is 0.261. The molecule has 8 nitrogen and oxygen atoms in total. The molecule has 0 aliphatic carbocycles. The fourth-order valence-electron chi connectivity index (χ4n) is 3.63. The molecule has 34 heavy (non-hydrogen) atoms. The number of ether oxygens (including phenoxy) is 1. The van der Waals surface area contributed by atoms with Crippen LogP contribution in [0, 0.1) is 6.92 Å². The minimum atomic E-state index is -3.83. The van der Waals surface area contributed by atoms with Crippen molar-refractivity contribution in [1.82, 2.24) is 9.97 Å². The number of hydrogen-bond donors (Lipinski definition) is 3. The predicted molar refractivity (Wildman–Crippen MR) is 122 cm³/mol. The van der Waals surface area contributed by atoms with E-state index < -0.39 is 23.7 Å². The number of nitrogens with one attached hydrogen (secondary N) is 1. The monoisotopic (exact) mass is 490 g/mol. The van der Waals surface area contributed by atoms with Gasteiger partial charge in [-0.15, -0.1) is 8.78 Å². The van der Waals surface area contributed by atoms with Crippen LogP contribution in [0.3, 0.4) is 0 Å². The van der Waals surface area contributed by atoms with Gasteiger partial charge in [0.2, 0.25) is 0 Å². The SMILES string of the molecule is Cc1ncc(-c2cc(C(=O)Nc3ccc(OC(F)(F)Cl)cc3)ccc2N2C[C@H](O)[C@@H](O)C2)cn1. The number of aliphatic hydroxyl groups excluding tert-OH is 2. The molecule has 0 spiro atoms. The maximum atomic E-state index is 12.9. The van der Waals surface area contributed by atoms with Crippen molar-refractivity contribution in [3.05, 3.63) is 66.2 Å². The van der Waals surface area contributed by atoms with Gasteiger partial charge in [-0.25, -0.2) is 9.97 Å². The molecule has 1 aromatic heterocycles. The number of β-amino-alcohol motifs (C(OH)–C–C–N with tert-alkyl or cyclic N) is 2. The number of anilines is 2. The highest BCUT2D eigenvalue weighted by Gasteiger charge is 2.31. The minimum Gasteiger partial charge on any atom is -0.420 e. The summed E-state index contributed by atoms with van der Waals surface area (Å²) in [4.78, 5) is 23.2. The summed E-state index contributed by atoms with van der Waals surface area (Å²) in [6, 6.07) is 10.3. The van der Waals surface area contributed by atoms with Crippen LogP contribution in [-0.4, -0.2) is 57.0 Å². The standard InChI is InChI=1S/C23H21ClF2N4O4/c1-13-27-9-15(10-28-13)18-8-14(2-7-19(18)30-11-20(31)21(32)12-30)22(33)29-16-3-5-17(6-4-16)34-23(24,25)26/h2-10,20-21,31-32H,11-12H2,1H3,(H,29,33)/t20-,21-/m0/s1. The van der Waals surface area contributed by atoms with E-state index in [1.54, 1.807) is 37.5 Å². The van der Waals surface area contributed by atoms with Crippen molar-refractivity contribution in [3.63, 3.8) is 0 Å². The Labute approximate surface area is 198 Å². The van der Waals surface area contributed by atoms with Crippen LogP contribution in [0.4, 0.5) is 20.2 Å². The van der Waals surface area contributed by atoms with Crippen LogP contribution in [0.2, 0.25) is 0 Å². The van der Waals surface area contributed by atoms with Gasteiger partial charge in [0.05, 0.1) is 12.2 Å². The summed E-state index contributed by atoms with van der Waals surface area (Å²) in [7, 11) is 0. The molecule has 1 aliphatic rings. The molecule has 1 saturated heterocycles. The number of benzene rings is 2. The van der Waals surface area contributed by atoms with E-state index in [-0.39, 0.29) is 18.8 Å². The topological polar surface area (TPSA) is 108 Å². The molecule has 4 rings (SSSR count). The normalized spacial score (nSPS) is 18.1. The Bertz CT molecular complexity index is 1160. The van der Waals surface area contributed by atoms with Gasteiger partial charge < -0.3 is 25.2 Å². The van der Waals surface area contributed by atoms with Gasteiger partial charge in [-0.05, 0) is 49.4 Å². The molecular formula is C23H21ClF2N4O4. The molecule has 0 saturated carbocycles. The lowest BCUT2D eigenvalue weighted by atomic mass is 10.0. The van der Waals surface area contributed by atoms with Crippen LogP contribution < -0.4 is 15.0 Å². The quantitative estimate of drug-likeness (QED) is 0.454. The molecule has 2 heterocycles. The summed E-state index contributed by atoms with van der Waals surface area (Å²) in [5.74, 6) is 0.00299. The number of amides is 1. The van der Waals surface area contributed by atoms with E-state index in [1.807, 2.05) is 4.90 Å². The molecule has 0 radical (unpaired) electrons.